The van der Waals surface area contributed by atoms with Crippen LogP contribution in [0, 0.1) is 17.3 Å². The van der Waals surface area contributed by atoms with Crippen LogP contribution in [0.3, 0.4) is 0 Å². The highest BCUT2D eigenvalue weighted by Gasteiger charge is 2.52. The van der Waals surface area contributed by atoms with Crippen molar-refractivity contribution in [3.8, 4) is 0 Å². The van der Waals surface area contributed by atoms with Gasteiger partial charge in [-0.25, -0.2) is 4.79 Å². The summed E-state index contributed by atoms with van der Waals surface area (Å²) in [6, 6.07) is 0. The van der Waals surface area contributed by atoms with E-state index in [1.165, 1.54) is 12.5 Å². The summed E-state index contributed by atoms with van der Waals surface area (Å²) in [5, 5.41) is 0. The number of hydrogen-bond acceptors (Lipinski definition) is 4. The van der Waals surface area contributed by atoms with Gasteiger partial charge in [-0.2, -0.15) is 0 Å². The van der Waals surface area contributed by atoms with Gasteiger partial charge in [-0.15, -0.1) is 0 Å². The van der Waals surface area contributed by atoms with Gasteiger partial charge in [0.25, 0.3) is 0 Å². The van der Waals surface area contributed by atoms with Gasteiger partial charge in [0.2, 0.25) is 0 Å². The van der Waals surface area contributed by atoms with Crippen molar-refractivity contribution in [3.05, 3.63) is 34.6 Å². The lowest BCUT2D eigenvalue weighted by atomic mass is 9.55. The first-order valence-electron chi connectivity index (χ1n) is 7.79. The van der Waals surface area contributed by atoms with E-state index in [0.29, 0.717) is 17.8 Å². The molecule has 118 valence electrons. The number of esters is 2. The molecule has 22 heavy (non-hydrogen) atoms. The van der Waals surface area contributed by atoms with Crippen molar-refractivity contribution in [2.45, 2.75) is 47.1 Å². The molecule has 1 heterocycles. The molecule has 2 aliphatic carbocycles. The van der Waals surface area contributed by atoms with Crippen molar-refractivity contribution in [1.29, 1.82) is 0 Å². The summed E-state index contributed by atoms with van der Waals surface area (Å²) in [5.74, 6) is 0.502. The van der Waals surface area contributed by atoms with E-state index in [0.717, 1.165) is 5.57 Å². The Labute approximate surface area is 130 Å². The fourth-order valence-corrected chi connectivity index (χ4v) is 4.15. The van der Waals surface area contributed by atoms with Gasteiger partial charge in [0.05, 0.1) is 0 Å². The summed E-state index contributed by atoms with van der Waals surface area (Å²) in [6.07, 6.45) is 4.69. The lowest BCUT2D eigenvalue weighted by Gasteiger charge is -2.50. The highest BCUT2D eigenvalue weighted by Crippen LogP contribution is 2.57. The van der Waals surface area contributed by atoms with Crippen LogP contribution in [0.25, 0.3) is 0 Å². The predicted molar refractivity (Wildman–Crippen MR) is 81.6 cm³/mol. The molecule has 4 nitrogen and oxygen atoms in total. The van der Waals surface area contributed by atoms with Crippen LogP contribution < -0.4 is 0 Å². The third-order valence-corrected chi connectivity index (χ3v) is 5.81. The molecule has 0 saturated carbocycles. The van der Waals surface area contributed by atoms with E-state index in [1.54, 1.807) is 0 Å². The van der Waals surface area contributed by atoms with Gasteiger partial charge in [0, 0.05) is 35.8 Å². The van der Waals surface area contributed by atoms with E-state index in [-0.39, 0.29) is 35.3 Å². The standard InChI is InChI=1S/C18H22O4/c1-9-16-11(3)18(5)10(2)14(21-12(4)19)7-6-13(18)8-15(16)22-17(9)20/h6,8,10-11,14H,7H2,1-5H3. The van der Waals surface area contributed by atoms with Crippen molar-refractivity contribution in [3.63, 3.8) is 0 Å². The average Bonchev–Trinajstić information content (AvgIpc) is 2.72. The maximum Gasteiger partial charge on any atom is 0.339 e. The number of hydrogen-bond donors (Lipinski definition) is 0. The van der Waals surface area contributed by atoms with E-state index >= 15 is 0 Å². The summed E-state index contributed by atoms with van der Waals surface area (Å²) < 4.78 is 10.9. The molecule has 0 bridgehead atoms. The molecule has 0 fully saturated rings. The number of rotatable bonds is 1. The van der Waals surface area contributed by atoms with E-state index < -0.39 is 0 Å². The van der Waals surface area contributed by atoms with E-state index in [4.69, 9.17) is 9.47 Å². The third kappa shape index (κ3) is 1.89. The second-order valence-corrected chi connectivity index (χ2v) is 6.77. The van der Waals surface area contributed by atoms with E-state index in [1.807, 2.05) is 13.0 Å². The first-order chi connectivity index (χ1) is 10.3. The van der Waals surface area contributed by atoms with Crippen LogP contribution >= 0.6 is 0 Å². The van der Waals surface area contributed by atoms with Crippen LogP contribution in [0.5, 0.6) is 0 Å². The molecule has 4 heteroatoms. The number of allylic oxidation sites excluding steroid dienone is 3. The number of carbonyl (C=O) groups excluding carboxylic acids is 2. The Kier molecular flexibility index (Phi) is 3.31. The van der Waals surface area contributed by atoms with Crippen LogP contribution in [-0.4, -0.2) is 18.0 Å². The minimum Gasteiger partial charge on any atom is -0.462 e. The molecule has 4 atom stereocenters. The molecule has 3 rings (SSSR count). The zero-order chi connectivity index (χ0) is 16.2. The van der Waals surface area contributed by atoms with Crippen LogP contribution in [-0.2, 0) is 19.1 Å². The minimum absolute atomic E-state index is 0.123. The maximum atomic E-state index is 11.9. The Morgan fingerprint density at radius 3 is 2.73 bits per heavy atom. The van der Waals surface area contributed by atoms with Gasteiger partial charge in [0.1, 0.15) is 11.9 Å². The summed E-state index contributed by atoms with van der Waals surface area (Å²) in [5.41, 5.74) is 2.70. The van der Waals surface area contributed by atoms with Crippen molar-refractivity contribution < 1.29 is 19.1 Å². The zero-order valence-corrected chi connectivity index (χ0v) is 13.7. The molecule has 3 aliphatic rings. The molecule has 4 unspecified atom stereocenters. The highest BCUT2D eigenvalue weighted by atomic mass is 16.5. The van der Waals surface area contributed by atoms with Crippen LogP contribution in [0.4, 0.5) is 0 Å². The second-order valence-electron chi connectivity index (χ2n) is 6.77. The molecule has 0 aromatic rings. The quantitative estimate of drug-likeness (QED) is 0.697. The summed E-state index contributed by atoms with van der Waals surface area (Å²) in [6.45, 7) is 9.73. The number of carbonyl (C=O) groups is 2. The Hall–Kier alpha value is -1.84. The molecule has 0 spiro atoms. The number of ether oxygens (including phenoxy) is 2. The molecular formula is C18H22O4. The van der Waals surface area contributed by atoms with Crippen molar-refractivity contribution in [2.75, 3.05) is 0 Å². The molecule has 0 aromatic heterocycles. The van der Waals surface area contributed by atoms with Gasteiger partial charge >= 0.3 is 11.9 Å². The van der Waals surface area contributed by atoms with Crippen molar-refractivity contribution >= 4 is 11.9 Å². The van der Waals surface area contributed by atoms with Gasteiger partial charge < -0.3 is 9.47 Å². The van der Waals surface area contributed by atoms with Crippen molar-refractivity contribution in [1.82, 2.24) is 0 Å². The molecule has 0 amide bonds. The molecule has 0 radical (unpaired) electrons. The first-order valence-corrected chi connectivity index (χ1v) is 7.79. The molecule has 0 aromatic carbocycles. The Morgan fingerprint density at radius 2 is 2.09 bits per heavy atom. The second kappa shape index (κ2) is 4.83. The Bertz CT molecular complexity index is 652. The fourth-order valence-electron chi connectivity index (χ4n) is 4.15. The molecule has 1 aliphatic heterocycles. The predicted octanol–water partition coefficient (Wildman–Crippen LogP) is 3.30. The van der Waals surface area contributed by atoms with Gasteiger partial charge in [-0.1, -0.05) is 26.8 Å². The number of fused-ring (bicyclic) bond motifs is 2. The Balaban J connectivity index is 2.08. The summed E-state index contributed by atoms with van der Waals surface area (Å²) in [7, 11) is 0. The monoisotopic (exact) mass is 302 g/mol. The van der Waals surface area contributed by atoms with Gasteiger partial charge in [-0.05, 0) is 24.5 Å². The smallest absolute Gasteiger partial charge is 0.339 e. The fraction of sp³-hybridized carbons (Fsp3) is 0.556. The van der Waals surface area contributed by atoms with Crippen LogP contribution in [0.15, 0.2) is 34.6 Å². The molecule has 0 N–H and O–H groups in total. The van der Waals surface area contributed by atoms with E-state index in [2.05, 4.69) is 26.8 Å². The lowest BCUT2D eigenvalue weighted by molar-refractivity contribution is -0.152. The van der Waals surface area contributed by atoms with Crippen LogP contribution in [0.1, 0.15) is 41.0 Å². The van der Waals surface area contributed by atoms with Crippen molar-refractivity contribution in [2.24, 2.45) is 17.3 Å². The highest BCUT2D eigenvalue weighted by molar-refractivity contribution is 5.94. The van der Waals surface area contributed by atoms with Crippen LogP contribution in [0.2, 0.25) is 0 Å². The molecule has 0 saturated heterocycles. The summed E-state index contributed by atoms with van der Waals surface area (Å²) in [4.78, 5) is 23.2. The maximum absolute atomic E-state index is 11.9. The SMILES string of the molecule is CC(=O)OC1CC=C2C=C3OC(=O)C(C)=C3C(C)C2(C)C1C. The van der Waals surface area contributed by atoms with E-state index in [9.17, 15) is 9.59 Å². The third-order valence-electron chi connectivity index (χ3n) is 5.81. The largest absolute Gasteiger partial charge is 0.462 e. The zero-order valence-electron chi connectivity index (χ0n) is 13.7. The summed E-state index contributed by atoms with van der Waals surface area (Å²) >= 11 is 0. The van der Waals surface area contributed by atoms with Gasteiger partial charge in [-0.3, -0.25) is 4.79 Å². The minimum atomic E-state index is -0.250. The molecular weight excluding hydrogens is 280 g/mol. The first kappa shape index (κ1) is 15.1. The normalized spacial score (nSPS) is 37.0. The van der Waals surface area contributed by atoms with Gasteiger partial charge in [0.15, 0.2) is 0 Å². The topological polar surface area (TPSA) is 52.6 Å². The Morgan fingerprint density at radius 1 is 1.41 bits per heavy atom. The lowest BCUT2D eigenvalue weighted by Crippen LogP contribution is -2.46. The average molecular weight is 302 g/mol.